The van der Waals surface area contributed by atoms with E-state index in [1.54, 1.807) is 49.7 Å². The third-order valence-corrected chi connectivity index (χ3v) is 3.82. The summed E-state index contributed by atoms with van der Waals surface area (Å²) in [5.41, 5.74) is 4.41. The summed E-state index contributed by atoms with van der Waals surface area (Å²) in [6.07, 6.45) is 4.57. The standard InChI is InChI=1S/C21H18FN3O3/c1-27-20-9-4-15(12-24-25-21(26)16-3-2-10-23-13-16)11-17(20)14-28-19-7-5-18(22)6-8-19/h2-13H,14H2,1H3,(H,25,26)/b24-12+. The molecular weight excluding hydrogens is 361 g/mol. The van der Waals surface area contributed by atoms with Crippen LogP contribution in [0.1, 0.15) is 21.5 Å². The van der Waals surface area contributed by atoms with Crippen molar-refractivity contribution >= 4 is 12.1 Å². The topological polar surface area (TPSA) is 72.8 Å². The molecule has 6 nitrogen and oxygen atoms in total. The SMILES string of the molecule is COc1ccc(/C=N/NC(=O)c2cccnc2)cc1COc1ccc(F)cc1. The number of halogens is 1. The minimum absolute atomic E-state index is 0.235. The number of benzene rings is 2. The number of ether oxygens (including phenoxy) is 2. The number of hydrogen-bond donors (Lipinski definition) is 1. The third kappa shape index (κ3) is 5.14. The molecule has 0 saturated heterocycles. The maximum Gasteiger partial charge on any atom is 0.272 e. The molecule has 0 aliphatic heterocycles. The fraction of sp³-hybridized carbons (Fsp3) is 0.0952. The summed E-state index contributed by atoms with van der Waals surface area (Å²) < 4.78 is 24.0. The first-order valence-corrected chi connectivity index (χ1v) is 8.44. The number of rotatable bonds is 7. The third-order valence-electron chi connectivity index (χ3n) is 3.82. The average molecular weight is 379 g/mol. The molecule has 1 heterocycles. The first-order chi connectivity index (χ1) is 13.7. The average Bonchev–Trinajstić information content (AvgIpc) is 2.74. The molecule has 0 fully saturated rings. The largest absolute Gasteiger partial charge is 0.496 e. The lowest BCUT2D eigenvalue weighted by Gasteiger charge is -2.11. The minimum atomic E-state index is -0.349. The highest BCUT2D eigenvalue weighted by Crippen LogP contribution is 2.22. The minimum Gasteiger partial charge on any atom is -0.496 e. The number of hydrazone groups is 1. The highest BCUT2D eigenvalue weighted by atomic mass is 19.1. The quantitative estimate of drug-likeness (QED) is 0.503. The Balaban J connectivity index is 1.66. The van der Waals surface area contributed by atoms with Gasteiger partial charge in [-0.15, -0.1) is 0 Å². The molecule has 0 spiro atoms. The maximum atomic E-state index is 13.0. The molecular formula is C21H18FN3O3. The van der Waals surface area contributed by atoms with Gasteiger partial charge < -0.3 is 9.47 Å². The van der Waals surface area contributed by atoms with E-state index in [1.165, 1.54) is 24.5 Å². The Morgan fingerprint density at radius 2 is 2.04 bits per heavy atom. The van der Waals surface area contributed by atoms with Crippen molar-refractivity contribution < 1.29 is 18.7 Å². The van der Waals surface area contributed by atoms with Crippen molar-refractivity contribution in [1.82, 2.24) is 10.4 Å². The molecule has 142 valence electrons. The van der Waals surface area contributed by atoms with Crippen LogP contribution in [0.15, 0.2) is 72.1 Å². The molecule has 0 aliphatic carbocycles. The van der Waals surface area contributed by atoms with E-state index in [1.807, 2.05) is 6.07 Å². The molecule has 28 heavy (non-hydrogen) atoms. The zero-order valence-corrected chi connectivity index (χ0v) is 15.1. The fourth-order valence-electron chi connectivity index (χ4n) is 2.41. The first-order valence-electron chi connectivity index (χ1n) is 8.44. The van der Waals surface area contributed by atoms with E-state index >= 15 is 0 Å². The van der Waals surface area contributed by atoms with Crippen molar-refractivity contribution in [1.29, 1.82) is 0 Å². The highest BCUT2D eigenvalue weighted by molar-refractivity contribution is 5.94. The van der Waals surface area contributed by atoms with Gasteiger partial charge in [0, 0.05) is 18.0 Å². The van der Waals surface area contributed by atoms with Gasteiger partial charge >= 0.3 is 0 Å². The smallest absolute Gasteiger partial charge is 0.272 e. The van der Waals surface area contributed by atoms with Crippen LogP contribution in [0, 0.1) is 5.82 Å². The number of amides is 1. The Labute approximate surface area is 161 Å². The molecule has 7 heteroatoms. The molecule has 3 rings (SSSR count). The molecule has 0 atom stereocenters. The Morgan fingerprint density at radius 3 is 2.75 bits per heavy atom. The molecule has 0 unspecified atom stereocenters. The molecule has 3 aromatic rings. The van der Waals surface area contributed by atoms with Gasteiger partial charge in [-0.3, -0.25) is 9.78 Å². The summed E-state index contributed by atoms with van der Waals surface area (Å²) in [6.45, 7) is 0.235. The van der Waals surface area contributed by atoms with Gasteiger partial charge in [0.2, 0.25) is 0 Å². The van der Waals surface area contributed by atoms with Crippen molar-refractivity contribution in [2.45, 2.75) is 6.61 Å². The number of aromatic nitrogens is 1. The highest BCUT2D eigenvalue weighted by Gasteiger charge is 2.06. The maximum absolute atomic E-state index is 13.0. The van der Waals surface area contributed by atoms with Crippen LogP contribution < -0.4 is 14.9 Å². The zero-order valence-electron chi connectivity index (χ0n) is 15.1. The Bertz CT molecular complexity index is 960. The number of pyridine rings is 1. The fourth-order valence-corrected chi connectivity index (χ4v) is 2.41. The van der Waals surface area contributed by atoms with E-state index in [-0.39, 0.29) is 18.3 Å². The summed E-state index contributed by atoms with van der Waals surface area (Å²) in [5.74, 6) is 0.527. The number of carbonyl (C=O) groups is 1. The van der Waals surface area contributed by atoms with Gasteiger partial charge in [0.1, 0.15) is 23.9 Å². The van der Waals surface area contributed by atoms with Crippen molar-refractivity contribution in [3.8, 4) is 11.5 Å². The zero-order chi connectivity index (χ0) is 19.8. The Hall–Kier alpha value is -3.74. The van der Waals surface area contributed by atoms with Gasteiger partial charge in [0.15, 0.2) is 0 Å². The molecule has 1 aromatic heterocycles. The second-order valence-corrected chi connectivity index (χ2v) is 5.75. The number of nitrogens with zero attached hydrogens (tertiary/aromatic N) is 2. The summed E-state index contributed by atoms with van der Waals surface area (Å²) in [6, 6.07) is 14.5. The normalized spacial score (nSPS) is 10.6. The summed E-state index contributed by atoms with van der Waals surface area (Å²) >= 11 is 0. The van der Waals surface area contributed by atoms with Crippen molar-refractivity contribution in [3.63, 3.8) is 0 Å². The molecule has 1 amide bonds. The van der Waals surface area contributed by atoms with Crippen LogP contribution in [0.5, 0.6) is 11.5 Å². The first kappa shape index (κ1) is 19.0. The lowest BCUT2D eigenvalue weighted by Crippen LogP contribution is -2.17. The monoisotopic (exact) mass is 379 g/mol. The number of nitrogens with one attached hydrogen (secondary N) is 1. The number of hydrogen-bond acceptors (Lipinski definition) is 5. The summed E-state index contributed by atoms with van der Waals surface area (Å²) in [5, 5.41) is 3.97. The van der Waals surface area contributed by atoms with Gasteiger partial charge in [-0.05, 0) is 60.2 Å². The van der Waals surface area contributed by atoms with Crippen LogP contribution in [0.3, 0.4) is 0 Å². The van der Waals surface area contributed by atoms with E-state index < -0.39 is 0 Å². The van der Waals surface area contributed by atoms with Crippen LogP contribution in [0.2, 0.25) is 0 Å². The van der Waals surface area contributed by atoms with E-state index in [0.717, 1.165) is 11.1 Å². The Kier molecular flexibility index (Phi) is 6.30. The van der Waals surface area contributed by atoms with Gasteiger partial charge in [0.05, 0.1) is 18.9 Å². The molecule has 0 saturated carbocycles. The van der Waals surface area contributed by atoms with Gasteiger partial charge in [-0.25, -0.2) is 9.82 Å². The van der Waals surface area contributed by atoms with Crippen LogP contribution >= 0.6 is 0 Å². The second-order valence-electron chi connectivity index (χ2n) is 5.75. The molecule has 0 aliphatic rings. The molecule has 0 bridgehead atoms. The van der Waals surface area contributed by atoms with E-state index in [4.69, 9.17) is 9.47 Å². The summed E-state index contributed by atoms with van der Waals surface area (Å²) in [4.78, 5) is 15.8. The summed E-state index contributed by atoms with van der Waals surface area (Å²) in [7, 11) is 1.57. The molecule has 0 radical (unpaired) electrons. The van der Waals surface area contributed by atoms with Crippen molar-refractivity contribution in [2.24, 2.45) is 5.10 Å². The van der Waals surface area contributed by atoms with Crippen molar-refractivity contribution in [2.75, 3.05) is 7.11 Å². The van der Waals surface area contributed by atoms with Gasteiger partial charge in [0.25, 0.3) is 5.91 Å². The predicted octanol–water partition coefficient (Wildman–Crippen LogP) is 3.57. The molecule has 2 aromatic carbocycles. The van der Waals surface area contributed by atoms with Crippen LogP contribution in [0.25, 0.3) is 0 Å². The van der Waals surface area contributed by atoms with Crippen LogP contribution in [-0.4, -0.2) is 24.2 Å². The second kappa shape index (κ2) is 9.27. The molecule has 1 N–H and O–H groups in total. The Morgan fingerprint density at radius 1 is 1.21 bits per heavy atom. The number of methoxy groups -OCH3 is 1. The van der Waals surface area contributed by atoms with E-state index in [0.29, 0.717) is 17.1 Å². The number of carbonyl (C=O) groups excluding carboxylic acids is 1. The van der Waals surface area contributed by atoms with Gasteiger partial charge in [-0.1, -0.05) is 0 Å². The van der Waals surface area contributed by atoms with E-state index in [2.05, 4.69) is 15.5 Å². The van der Waals surface area contributed by atoms with Crippen LogP contribution in [0.4, 0.5) is 4.39 Å². The van der Waals surface area contributed by atoms with Crippen LogP contribution in [-0.2, 0) is 6.61 Å². The lowest BCUT2D eigenvalue weighted by molar-refractivity contribution is 0.0954. The van der Waals surface area contributed by atoms with Gasteiger partial charge in [-0.2, -0.15) is 5.10 Å². The predicted molar refractivity (Wildman–Crippen MR) is 103 cm³/mol. The van der Waals surface area contributed by atoms with Crippen molar-refractivity contribution in [3.05, 3.63) is 89.5 Å². The van der Waals surface area contributed by atoms with E-state index in [9.17, 15) is 9.18 Å². The lowest BCUT2D eigenvalue weighted by atomic mass is 10.1.